The topological polar surface area (TPSA) is 55.1 Å². The number of aromatic nitrogens is 2. The lowest BCUT2D eigenvalue weighted by Gasteiger charge is -2.03. The second-order valence-electron chi connectivity index (χ2n) is 3.31. The van der Waals surface area contributed by atoms with Crippen LogP contribution in [0, 0.1) is 0 Å². The Morgan fingerprint density at radius 1 is 1.75 bits per heavy atom. The van der Waals surface area contributed by atoms with Gasteiger partial charge in [0, 0.05) is 13.2 Å². The lowest BCUT2D eigenvalue weighted by molar-refractivity contribution is -0.140. The van der Waals surface area contributed by atoms with Gasteiger partial charge in [-0.1, -0.05) is 0 Å². The third kappa shape index (κ3) is 0.841. The predicted molar refractivity (Wildman–Crippen MR) is 41.8 cm³/mol. The van der Waals surface area contributed by atoms with Gasteiger partial charge in [0.2, 0.25) is 0 Å². The van der Waals surface area contributed by atoms with E-state index in [0.717, 1.165) is 12.8 Å². The summed E-state index contributed by atoms with van der Waals surface area (Å²) in [5.41, 5.74) is 0.0406. The maximum absolute atomic E-state index is 10.8. The molecular formula is C8H10N2O2. The normalized spacial score (nSPS) is 19.1. The molecule has 0 unspecified atom stereocenters. The van der Waals surface area contributed by atoms with Gasteiger partial charge in [-0.3, -0.25) is 4.79 Å². The third-order valence-electron chi connectivity index (χ3n) is 2.35. The average Bonchev–Trinajstić information content (AvgIpc) is 2.71. The lowest BCUT2D eigenvalue weighted by Crippen LogP contribution is -2.19. The van der Waals surface area contributed by atoms with E-state index >= 15 is 0 Å². The van der Waals surface area contributed by atoms with Gasteiger partial charge in [0.25, 0.3) is 0 Å². The summed E-state index contributed by atoms with van der Waals surface area (Å²) >= 11 is 0. The van der Waals surface area contributed by atoms with Gasteiger partial charge in [-0.15, -0.1) is 0 Å². The molecule has 64 valence electrons. The highest BCUT2D eigenvalue weighted by Crippen LogP contribution is 2.47. The highest BCUT2D eigenvalue weighted by atomic mass is 16.4. The van der Waals surface area contributed by atoms with Crippen molar-refractivity contribution in [3.63, 3.8) is 0 Å². The van der Waals surface area contributed by atoms with Crippen LogP contribution in [0.4, 0.5) is 0 Å². The minimum Gasteiger partial charge on any atom is -0.481 e. The summed E-state index contributed by atoms with van der Waals surface area (Å²) in [6, 6.07) is 0. The van der Waals surface area contributed by atoms with Crippen molar-refractivity contribution in [3.8, 4) is 0 Å². The number of carbonyl (C=O) groups is 1. The van der Waals surface area contributed by atoms with E-state index in [9.17, 15) is 4.79 Å². The summed E-state index contributed by atoms with van der Waals surface area (Å²) in [5, 5.41) is 8.92. The highest BCUT2D eigenvalue weighted by molar-refractivity contribution is 5.84. The zero-order valence-corrected chi connectivity index (χ0v) is 6.82. The summed E-state index contributed by atoms with van der Waals surface area (Å²) in [5.74, 6) is -0.749. The molecule has 0 saturated heterocycles. The number of rotatable bonds is 2. The van der Waals surface area contributed by atoms with E-state index in [0.29, 0.717) is 5.69 Å². The third-order valence-corrected chi connectivity index (χ3v) is 2.35. The Balaban J connectivity index is 2.36. The van der Waals surface area contributed by atoms with E-state index in [1.165, 1.54) is 0 Å². The van der Waals surface area contributed by atoms with Crippen molar-refractivity contribution in [1.82, 2.24) is 9.55 Å². The van der Waals surface area contributed by atoms with Crippen LogP contribution in [0.2, 0.25) is 0 Å². The van der Waals surface area contributed by atoms with Gasteiger partial charge in [-0.05, 0) is 12.8 Å². The Morgan fingerprint density at radius 3 is 2.75 bits per heavy atom. The van der Waals surface area contributed by atoms with Gasteiger partial charge in [0.1, 0.15) is 5.41 Å². The molecule has 1 fully saturated rings. The second-order valence-corrected chi connectivity index (χ2v) is 3.31. The molecule has 1 heterocycles. The van der Waals surface area contributed by atoms with Crippen molar-refractivity contribution in [2.24, 2.45) is 7.05 Å². The van der Waals surface area contributed by atoms with Gasteiger partial charge in [-0.25, -0.2) is 4.98 Å². The monoisotopic (exact) mass is 166 g/mol. The molecule has 1 aliphatic carbocycles. The van der Waals surface area contributed by atoms with Gasteiger partial charge >= 0.3 is 5.97 Å². The van der Waals surface area contributed by atoms with Gasteiger partial charge in [-0.2, -0.15) is 0 Å². The Labute approximate surface area is 69.8 Å². The molecule has 0 atom stereocenters. The summed E-state index contributed by atoms with van der Waals surface area (Å²) in [6.45, 7) is 0. The second kappa shape index (κ2) is 2.09. The number of nitrogens with zero attached hydrogens (tertiary/aromatic N) is 2. The maximum atomic E-state index is 10.8. The fourth-order valence-corrected chi connectivity index (χ4v) is 1.36. The van der Waals surface area contributed by atoms with Gasteiger partial charge in [0.05, 0.1) is 12.0 Å². The van der Waals surface area contributed by atoms with Crippen LogP contribution in [0.1, 0.15) is 18.5 Å². The fourth-order valence-electron chi connectivity index (χ4n) is 1.36. The number of carboxylic acids is 1. The van der Waals surface area contributed by atoms with E-state index in [2.05, 4.69) is 4.98 Å². The quantitative estimate of drug-likeness (QED) is 0.697. The zero-order chi connectivity index (χ0) is 8.77. The molecule has 0 bridgehead atoms. The van der Waals surface area contributed by atoms with Gasteiger partial charge < -0.3 is 9.67 Å². The Bertz CT molecular complexity index is 326. The first-order chi connectivity index (χ1) is 5.65. The molecule has 1 aliphatic rings. The first kappa shape index (κ1) is 7.34. The van der Waals surface area contributed by atoms with Crippen LogP contribution in [0.15, 0.2) is 12.5 Å². The van der Waals surface area contributed by atoms with E-state index in [1.54, 1.807) is 17.1 Å². The Morgan fingerprint density at radius 2 is 2.42 bits per heavy atom. The lowest BCUT2D eigenvalue weighted by atomic mass is 10.0. The zero-order valence-electron chi connectivity index (χ0n) is 6.82. The average molecular weight is 166 g/mol. The molecule has 4 heteroatoms. The Hall–Kier alpha value is -1.32. The van der Waals surface area contributed by atoms with Crippen molar-refractivity contribution in [2.45, 2.75) is 18.3 Å². The summed E-state index contributed by atoms with van der Waals surface area (Å²) in [7, 11) is 1.84. The van der Waals surface area contributed by atoms with Crippen LogP contribution in [0.25, 0.3) is 0 Å². The summed E-state index contributed by atoms with van der Waals surface area (Å²) in [4.78, 5) is 14.9. The van der Waals surface area contributed by atoms with Crippen LogP contribution >= 0.6 is 0 Å². The number of hydrogen-bond acceptors (Lipinski definition) is 2. The molecule has 0 aliphatic heterocycles. The van der Waals surface area contributed by atoms with E-state index in [4.69, 9.17) is 5.11 Å². The van der Waals surface area contributed by atoms with Crippen LogP contribution in [0.5, 0.6) is 0 Å². The summed E-state index contributed by atoms with van der Waals surface area (Å²) in [6.07, 6.45) is 4.86. The minimum absolute atomic E-state index is 0.652. The van der Waals surface area contributed by atoms with E-state index in [1.807, 2.05) is 7.05 Å². The molecule has 2 rings (SSSR count). The highest BCUT2D eigenvalue weighted by Gasteiger charge is 2.53. The van der Waals surface area contributed by atoms with E-state index in [-0.39, 0.29) is 0 Å². The van der Waals surface area contributed by atoms with Crippen LogP contribution in [0.3, 0.4) is 0 Å². The van der Waals surface area contributed by atoms with Gasteiger partial charge in [0.15, 0.2) is 0 Å². The smallest absolute Gasteiger partial charge is 0.315 e. The molecule has 4 nitrogen and oxygen atoms in total. The van der Waals surface area contributed by atoms with Crippen molar-refractivity contribution in [2.75, 3.05) is 0 Å². The van der Waals surface area contributed by atoms with Crippen molar-refractivity contribution in [1.29, 1.82) is 0 Å². The Kier molecular flexibility index (Phi) is 1.28. The SMILES string of the molecule is Cn1cnc(C2(C(=O)O)CC2)c1. The van der Waals surface area contributed by atoms with Crippen molar-refractivity contribution >= 4 is 5.97 Å². The van der Waals surface area contributed by atoms with Crippen LogP contribution in [-0.4, -0.2) is 20.6 Å². The number of aryl methyl sites for hydroxylation is 1. The molecule has 0 radical (unpaired) electrons. The number of imidazole rings is 1. The molecule has 1 aromatic rings. The first-order valence-corrected chi connectivity index (χ1v) is 3.87. The molecule has 0 aromatic carbocycles. The van der Waals surface area contributed by atoms with Crippen LogP contribution < -0.4 is 0 Å². The summed E-state index contributed by atoms with van der Waals surface area (Å²) < 4.78 is 1.78. The molecule has 12 heavy (non-hydrogen) atoms. The molecule has 1 aromatic heterocycles. The predicted octanol–water partition coefficient (Wildman–Crippen LogP) is 0.536. The van der Waals surface area contributed by atoms with E-state index < -0.39 is 11.4 Å². The molecule has 0 spiro atoms. The molecule has 0 amide bonds. The molecular weight excluding hydrogens is 156 g/mol. The first-order valence-electron chi connectivity index (χ1n) is 3.87. The van der Waals surface area contributed by atoms with Crippen LogP contribution in [-0.2, 0) is 17.3 Å². The van der Waals surface area contributed by atoms with Crippen molar-refractivity contribution in [3.05, 3.63) is 18.2 Å². The largest absolute Gasteiger partial charge is 0.481 e. The number of aliphatic carboxylic acids is 1. The van der Waals surface area contributed by atoms with Crippen molar-refractivity contribution < 1.29 is 9.90 Å². The molecule has 1 N–H and O–H groups in total. The maximum Gasteiger partial charge on any atom is 0.315 e. The number of hydrogen-bond donors (Lipinski definition) is 1. The minimum atomic E-state index is -0.749. The standard InChI is InChI=1S/C8H10N2O2/c1-10-4-6(9-5-10)8(2-3-8)7(11)12/h4-5H,2-3H2,1H3,(H,11,12). The molecule has 1 saturated carbocycles. The fraction of sp³-hybridized carbons (Fsp3) is 0.500. The number of carboxylic acid groups (broad SMARTS) is 1.